The zero-order valence-electron chi connectivity index (χ0n) is 20.0. The molecule has 0 aliphatic carbocycles. The van der Waals surface area contributed by atoms with Crippen molar-refractivity contribution in [2.75, 3.05) is 24.5 Å². The van der Waals surface area contributed by atoms with E-state index in [0.29, 0.717) is 36.0 Å². The molecule has 4 rings (SSSR count). The number of rotatable bonds is 5. The van der Waals surface area contributed by atoms with Crippen molar-refractivity contribution in [1.29, 1.82) is 0 Å². The highest BCUT2D eigenvalue weighted by Gasteiger charge is 2.41. The van der Waals surface area contributed by atoms with Crippen molar-refractivity contribution >= 4 is 21.9 Å². The summed E-state index contributed by atoms with van der Waals surface area (Å²) < 4.78 is 43.6. The zero-order valence-corrected chi connectivity index (χ0v) is 20.8. The zero-order chi connectivity index (χ0) is 24.8. The van der Waals surface area contributed by atoms with Gasteiger partial charge in [-0.3, -0.25) is 4.79 Å². The largest absolute Gasteiger partial charge is 0.351 e. The molecule has 0 radical (unpaired) electrons. The summed E-state index contributed by atoms with van der Waals surface area (Å²) in [5.41, 5.74) is 7.24. The van der Waals surface area contributed by atoms with E-state index in [1.807, 2.05) is 11.8 Å². The van der Waals surface area contributed by atoms with Gasteiger partial charge in [0.05, 0.1) is 11.3 Å². The molecular formula is C24H32FN5O3S. The van der Waals surface area contributed by atoms with E-state index in [9.17, 15) is 17.6 Å². The number of nitrogens with two attached hydrogens (primary N) is 1. The molecule has 1 aromatic heterocycles. The van der Waals surface area contributed by atoms with E-state index in [1.54, 1.807) is 18.2 Å². The first-order valence-electron chi connectivity index (χ1n) is 11.5. The minimum Gasteiger partial charge on any atom is -0.351 e. The molecule has 10 heteroatoms. The molecule has 0 bridgehead atoms. The lowest BCUT2D eigenvalue weighted by molar-refractivity contribution is 0.0979. The number of carbonyl (C=O) groups is 1. The standard InChI is InChI=1S/C24H32FN5O3S/c1-15-5-7-20(25)19(13-15)21-8-6-18(22(27-21)30-12-9-16(2)24(30,3)4)23(31)28-34(32,33)29-11-10-17(26)14-29/h5-8,13,16-17H,9-12,14,26H2,1-4H3,(H,28,31)/t16?,17-/m0/s1. The van der Waals surface area contributed by atoms with Crippen molar-refractivity contribution in [3.05, 3.63) is 47.3 Å². The van der Waals surface area contributed by atoms with Gasteiger partial charge in [-0.25, -0.2) is 14.1 Å². The maximum atomic E-state index is 14.6. The lowest BCUT2D eigenvalue weighted by Gasteiger charge is -2.36. The lowest BCUT2D eigenvalue weighted by atomic mass is 9.90. The Hall–Kier alpha value is -2.56. The van der Waals surface area contributed by atoms with Crippen LogP contribution in [-0.2, 0) is 10.2 Å². The van der Waals surface area contributed by atoms with Gasteiger partial charge in [0.2, 0.25) is 0 Å². The molecule has 2 fully saturated rings. The van der Waals surface area contributed by atoms with Crippen LogP contribution in [0, 0.1) is 18.7 Å². The van der Waals surface area contributed by atoms with Crippen molar-refractivity contribution in [1.82, 2.24) is 14.0 Å². The smallest absolute Gasteiger partial charge is 0.304 e. The first-order valence-corrected chi connectivity index (χ1v) is 13.0. The topological polar surface area (TPSA) is 109 Å². The maximum Gasteiger partial charge on any atom is 0.304 e. The Bertz CT molecular complexity index is 1220. The first-order chi connectivity index (χ1) is 15.9. The Morgan fingerprint density at radius 1 is 1.21 bits per heavy atom. The second kappa shape index (κ2) is 8.90. The third kappa shape index (κ3) is 4.54. The van der Waals surface area contributed by atoms with Gasteiger partial charge in [-0.2, -0.15) is 12.7 Å². The summed E-state index contributed by atoms with van der Waals surface area (Å²) in [6.07, 6.45) is 1.43. The molecule has 2 saturated heterocycles. The molecule has 34 heavy (non-hydrogen) atoms. The lowest BCUT2D eigenvalue weighted by Crippen LogP contribution is -2.45. The minimum absolute atomic E-state index is 0.131. The van der Waals surface area contributed by atoms with Gasteiger partial charge in [-0.15, -0.1) is 0 Å². The van der Waals surface area contributed by atoms with E-state index >= 15 is 0 Å². The van der Waals surface area contributed by atoms with Crippen LogP contribution in [0.25, 0.3) is 11.3 Å². The number of pyridine rings is 1. The molecular weight excluding hydrogens is 457 g/mol. The summed E-state index contributed by atoms with van der Waals surface area (Å²) in [4.78, 5) is 20.0. The second-order valence-corrected chi connectivity index (χ2v) is 11.6. The molecule has 184 valence electrons. The third-order valence-corrected chi connectivity index (χ3v) is 8.66. The highest BCUT2D eigenvalue weighted by Crippen LogP contribution is 2.39. The molecule has 1 amide bonds. The van der Waals surface area contributed by atoms with Crippen LogP contribution in [0.1, 0.15) is 49.5 Å². The van der Waals surface area contributed by atoms with Gasteiger partial charge in [-0.1, -0.05) is 18.6 Å². The van der Waals surface area contributed by atoms with Crippen molar-refractivity contribution < 1.29 is 17.6 Å². The average molecular weight is 490 g/mol. The van der Waals surface area contributed by atoms with Gasteiger partial charge in [0.25, 0.3) is 5.91 Å². The number of halogens is 1. The number of amides is 1. The molecule has 2 aromatic rings. The fraction of sp³-hybridized carbons (Fsp3) is 0.500. The van der Waals surface area contributed by atoms with Crippen LogP contribution in [0.4, 0.5) is 10.2 Å². The average Bonchev–Trinajstić information content (AvgIpc) is 3.32. The first kappa shape index (κ1) is 24.6. The van der Waals surface area contributed by atoms with Crippen molar-refractivity contribution in [3.8, 4) is 11.3 Å². The van der Waals surface area contributed by atoms with Crippen molar-refractivity contribution in [2.24, 2.45) is 11.7 Å². The number of nitrogens with one attached hydrogen (secondary N) is 1. The Kier molecular flexibility index (Phi) is 6.43. The van der Waals surface area contributed by atoms with Gasteiger partial charge in [-0.05, 0) is 63.8 Å². The SMILES string of the molecule is Cc1ccc(F)c(-c2ccc(C(=O)NS(=O)(=O)N3CC[C@H](N)C3)c(N3CCC(C)C3(C)C)n2)c1. The minimum atomic E-state index is -4.05. The van der Waals surface area contributed by atoms with E-state index in [0.717, 1.165) is 12.0 Å². The normalized spacial score (nSPS) is 22.8. The predicted octanol–water partition coefficient (Wildman–Crippen LogP) is 2.83. The number of aromatic nitrogens is 1. The molecule has 0 saturated carbocycles. The number of nitrogens with zero attached hydrogens (tertiary/aromatic N) is 3. The molecule has 1 aromatic carbocycles. The molecule has 2 aliphatic heterocycles. The van der Waals surface area contributed by atoms with E-state index in [1.165, 1.54) is 16.4 Å². The second-order valence-electron chi connectivity index (χ2n) is 9.89. The Labute approximate surface area is 200 Å². The van der Waals surface area contributed by atoms with Gasteiger partial charge in [0.15, 0.2) is 0 Å². The van der Waals surface area contributed by atoms with Gasteiger partial charge in [0, 0.05) is 36.8 Å². The van der Waals surface area contributed by atoms with Crippen LogP contribution in [0.2, 0.25) is 0 Å². The van der Waals surface area contributed by atoms with Gasteiger partial charge in [0.1, 0.15) is 11.6 Å². The van der Waals surface area contributed by atoms with E-state index in [-0.39, 0.29) is 30.2 Å². The third-order valence-electron chi connectivity index (χ3n) is 7.21. The van der Waals surface area contributed by atoms with Crippen LogP contribution < -0.4 is 15.4 Å². The molecule has 1 unspecified atom stereocenters. The maximum absolute atomic E-state index is 14.6. The van der Waals surface area contributed by atoms with E-state index in [2.05, 4.69) is 25.5 Å². The van der Waals surface area contributed by atoms with Crippen LogP contribution in [-0.4, -0.2) is 54.8 Å². The molecule has 0 spiro atoms. The van der Waals surface area contributed by atoms with Crippen LogP contribution in [0.3, 0.4) is 0 Å². The Morgan fingerprint density at radius 3 is 2.56 bits per heavy atom. The summed E-state index contributed by atoms with van der Waals surface area (Å²) in [5.74, 6) is -0.518. The molecule has 8 nitrogen and oxygen atoms in total. The summed E-state index contributed by atoms with van der Waals surface area (Å²) in [6, 6.07) is 7.61. The van der Waals surface area contributed by atoms with Crippen LogP contribution in [0.5, 0.6) is 0 Å². The summed E-state index contributed by atoms with van der Waals surface area (Å²) in [7, 11) is -4.05. The Balaban J connectivity index is 1.76. The predicted molar refractivity (Wildman–Crippen MR) is 130 cm³/mol. The number of hydrogen-bond acceptors (Lipinski definition) is 6. The fourth-order valence-electron chi connectivity index (χ4n) is 4.63. The van der Waals surface area contributed by atoms with Crippen LogP contribution >= 0.6 is 0 Å². The van der Waals surface area contributed by atoms with E-state index < -0.39 is 21.9 Å². The molecule has 3 N–H and O–H groups in total. The van der Waals surface area contributed by atoms with E-state index in [4.69, 9.17) is 10.7 Å². The summed E-state index contributed by atoms with van der Waals surface area (Å²) >= 11 is 0. The number of anilines is 1. The highest BCUT2D eigenvalue weighted by molar-refractivity contribution is 7.87. The number of carbonyl (C=O) groups excluding carboxylic acids is 1. The molecule has 2 atom stereocenters. The Morgan fingerprint density at radius 2 is 1.94 bits per heavy atom. The van der Waals surface area contributed by atoms with Gasteiger partial charge >= 0.3 is 10.2 Å². The monoisotopic (exact) mass is 489 g/mol. The number of hydrogen-bond donors (Lipinski definition) is 2. The fourth-order valence-corrected chi connectivity index (χ4v) is 5.84. The molecule has 3 heterocycles. The quantitative estimate of drug-likeness (QED) is 0.669. The van der Waals surface area contributed by atoms with Crippen LogP contribution in [0.15, 0.2) is 30.3 Å². The van der Waals surface area contributed by atoms with Gasteiger partial charge < -0.3 is 10.6 Å². The summed E-state index contributed by atoms with van der Waals surface area (Å²) in [5, 5.41) is 0. The van der Waals surface area contributed by atoms with Crippen molar-refractivity contribution in [3.63, 3.8) is 0 Å². The van der Waals surface area contributed by atoms with Crippen molar-refractivity contribution in [2.45, 2.75) is 52.1 Å². The highest BCUT2D eigenvalue weighted by atomic mass is 32.2. The molecule has 2 aliphatic rings. The number of benzene rings is 1. The number of aryl methyl sites for hydroxylation is 1. The summed E-state index contributed by atoms with van der Waals surface area (Å²) in [6.45, 7) is 9.20.